The van der Waals surface area contributed by atoms with E-state index >= 15 is 0 Å². The molecule has 4 rings (SSSR count). The Labute approximate surface area is 216 Å². The number of aliphatic hydroxyl groups is 1. The molecule has 0 spiro atoms. The summed E-state index contributed by atoms with van der Waals surface area (Å²) in [6, 6.07) is 11.4. The maximum absolute atomic E-state index is 13.6. The number of benzene rings is 1. The summed E-state index contributed by atoms with van der Waals surface area (Å²) in [5.74, 6) is 5.78. The van der Waals surface area contributed by atoms with Crippen LogP contribution in [-0.4, -0.2) is 69.7 Å². The van der Waals surface area contributed by atoms with Gasteiger partial charge in [0, 0.05) is 55.3 Å². The molecule has 1 N–H and O–H groups in total. The molecule has 192 valence electrons. The molecule has 7 nitrogen and oxygen atoms in total. The normalized spacial score (nSPS) is 18.2. The van der Waals surface area contributed by atoms with Gasteiger partial charge in [-0.05, 0) is 49.9 Å². The van der Waals surface area contributed by atoms with Crippen molar-refractivity contribution in [2.24, 2.45) is 5.92 Å². The summed E-state index contributed by atoms with van der Waals surface area (Å²) in [6.45, 7) is 5.29. The minimum atomic E-state index is -0.372. The minimum absolute atomic E-state index is 0.0337. The number of nitrogens with zero attached hydrogens (tertiary/aromatic N) is 4. The van der Waals surface area contributed by atoms with Gasteiger partial charge in [-0.15, -0.1) is 0 Å². The van der Waals surface area contributed by atoms with Gasteiger partial charge in [0.15, 0.2) is 0 Å². The molecule has 1 aliphatic rings. The summed E-state index contributed by atoms with van der Waals surface area (Å²) in [5.41, 5.74) is 2.64. The van der Waals surface area contributed by atoms with Crippen molar-refractivity contribution in [2.75, 3.05) is 26.7 Å². The molecular formula is C29H31FN4O3. The molecule has 0 fully saturated rings. The van der Waals surface area contributed by atoms with Crippen molar-refractivity contribution in [2.45, 2.75) is 32.5 Å². The number of aromatic nitrogens is 2. The highest BCUT2D eigenvalue weighted by Gasteiger charge is 2.34. The largest absolute Gasteiger partial charge is 0.472 e. The zero-order chi connectivity index (χ0) is 26.4. The lowest BCUT2D eigenvalue weighted by Gasteiger charge is -2.37. The molecule has 0 saturated carbocycles. The van der Waals surface area contributed by atoms with Crippen LogP contribution in [-0.2, 0) is 6.54 Å². The molecule has 0 bridgehead atoms. The van der Waals surface area contributed by atoms with Crippen molar-refractivity contribution in [3.05, 3.63) is 89.1 Å². The Bertz CT molecular complexity index is 1270. The third-order valence-electron chi connectivity index (χ3n) is 6.39. The number of amides is 1. The quantitative estimate of drug-likeness (QED) is 0.521. The number of ether oxygens (including phenoxy) is 1. The van der Waals surface area contributed by atoms with Gasteiger partial charge < -0.3 is 14.7 Å². The van der Waals surface area contributed by atoms with E-state index in [2.05, 4.69) is 26.7 Å². The molecule has 3 aromatic rings. The number of pyridine rings is 2. The average Bonchev–Trinajstić information content (AvgIpc) is 2.91. The molecule has 37 heavy (non-hydrogen) atoms. The Hall–Kier alpha value is -3.80. The van der Waals surface area contributed by atoms with Crippen molar-refractivity contribution in [3.8, 4) is 17.7 Å². The summed E-state index contributed by atoms with van der Waals surface area (Å²) >= 11 is 0. The number of hydrogen-bond acceptors (Lipinski definition) is 6. The second kappa shape index (κ2) is 12.0. The number of halogens is 1. The lowest BCUT2D eigenvalue weighted by atomic mass is 9.99. The molecule has 2 aromatic heterocycles. The smallest absolute Gasteiger partial charge is 0.259 e. The van der Waals surface area contributed by atoms with Gasteiger partial charge in [0.25, 0.3) is 5.91 Å². The van der Waals surface area contributed by atoms with Gasteiger partial charge in [-0.2, -0.15) is 0 Å². The Balaban J connectivity index is 1.61. The van der Waals surface area contributed by atoms with E-state index in [0.717, 1.165) is 11.1 Å². The van der Waals surface area contributed by atoms with Crippen LogP contribution in [0.2, 0.25) is 0 Å². The molecule has 0 unspecified atom stereocenters. The molecule has 0 radical (unpaired) electrons. The van der Waals surface area contributed by atoms with E-state index < -0.39 is 0 Å². The number of aliphatic hydroxyl groups excluding tert-OH is 1. The first-order valence-corrected chi connectivity index (χ1v) is 12.3. The van der Waals surface area contributed by atoms with E-state index in [9.17, 15) is 14.3 Å². The molecule has 0 saturated heterocycles. The van der Waals surface area contributed by atoms with Crippen LogP contribution in [0.15, 0.2) is 61.1 Å². The highest BCUT2D eigenvalue weighted by Crippen LogP contribution is 2.27. The molecule has 3 atom stereocenters. The second-order valence-corrected chi connectivity index (χ2v) is 9.51. The Kier molecular flexibility index (Phi) is 8.49. The van der Waals surface area contributed by atoms with Crippen LogP contribution in [0.4, 0.5) is 4.39 Å². The summed E-state index contributed by atoms with van der Waals surface area (Å²) in [6.07, 6.45) is 4.67. The Morgan fingerprint density at radius 2 is 1.97 bits per heavy atom. The molecule has 1 amide bonds. The monoisotopic (exact) mass is 502 g/mol. The molecule has 3 heterocycles. The van der Waals surface area contributed by atoms with Gasteiger partial charge in [0.1, 0.15) is 17.5 Å². The number of likely N-dealkylation sites (N-methyl/N-ethyl adjacent to an activating group) is 1. The summed E-state index contributed by atoms with van der Waals surface area (Å²) in [4.78, 5) is 25.9. The lowest BCUT2D eigenvalue weighted by molar-refractivity contribution is 0.0325. The standard InChI is InChI=1S/C29H31FN4O3/c1-20-16-34(21(2)19-35)29(36)26-13-24(7-6-22-5-4-12-31-14-22)15-32-28(26)37-27(20)18-33(3)17-23-8-10-25(30)11-9-23/h4-5,8-15,20-21,27,35H,16-19H2,1-3H3/t20-,21-,27+/m1/s1. The van der Waals surface area contributed by atoms with Crippen LogP contribution >= 0.6 is 0 Å². The van der Waals surface area contributed by atoms with Gasteiger partial charge in [-0.25, -0.2) is 9.37 Å². The van der Waals surface area contributed by atoms with Crippen molar-refractivity contribution in [1.82, 2.24) is 19.8 Å². The highest BCUT2D eigenvalue weighted by atomic mass is 19.1. The van der Waals surface area contributed by atoms with Gasteiger partial charge in [-0.1, -0.05) is 30.9 Å². The molecule has 0 aliphatic carbocycles. The fourth-order valence-electron chi connectivity index (χ4n) is 4.24. The topological polar surface area (TPSA) is 78.8 Å². The average molecular weight is 503 g/mol. The summed E-state index contributed by atoms with van der Waals surface area (Å²) in [5, 5.41) is 9.86. The van der Waals surface area contributed by atoms with Crippen molar-refractivity contribution < 1.29 is 19.0 Å². The number of hydrogen-bond donors (Lipinski definition) is 1. The van der Waals surface area contributed by atoms with Crippen LogP contribution in [0.25, 0.3) is 0 Å². The predicted molar refractivity (Wildman–Crippen MR) is 138 cm³/mol. The highest BCUT2D eigenvalue weighted by molar-refractivity contribution is 5.97. The number of fused-ring (bicyclic) bond motifs is 1. The van der Waals surface area contributed by atoms with Crippen LogP contribution in [0.3, 0.4) is 0 Å². The van der Waals surface area contributed by atoms with E-state index in [1.165, 1.54) is 12.1 Å². The van der Waals surface area contributed by atoms with E-state index in [4.69, 9.17) is 4.74 Å². The molecule has 1 aliphatic heterocycles. The first kappa shape index (κ1) is 26.3. The maximum Gasteiger partial charge on any atom is 0.259 e. The predicted octanol–water partition coefficient (Wildman–Crippen LogP) is 3.37. The maximum atomic E-state index is 13.6. The SMILES string of the molecule is C[C@@H]1CN([C@H](C)CO)C(=O)c2cc(C#Cc3cccnc3)cnc2O[C@H]1CN(C)Cc1ccc(F)cc1. The lowest BCUT2D eigenvalue weighted by Crippen LogP contribution is -2.49. The molecule has 1 aromatic carbocycles. The fraction of sp³-hybridized carbons (Fsp3) is 0.345. The number of carbonyl (C=O) groups is 1. The first-order chi connectivity index (χ1) is 17.8. The number of rotatable bonds is 6. The van der Waals surface area contributed by atoms with Crippen molar-refractivity contribution in [3.63, 3.8) is 0 Å². The molecule has 8 heteroatoms. The zero-order valence-corrected chi connectivity index (χ0v) is 21.3. The van der Waals surface area contributed by atoms with Gasteiger partial charge in [0.2, 0.25) is 5.88 Å². The minimum Gasteiger partial charge on any atom is -0.472 e. The first-order valence-electron chi connectivity index (χ1n) is 12.3. The number of carbonyl (C=O) groups excluding carboxylic acids is 1. The van der Waals surface area contributed by atoms with Crippen LogP contribution in [0, 0.1) is 23.6 Å². The second-order valence-electron chi connectivity index (χ2n) is 9.51. The third kappa shape index (κ3) is 6.70. The van der Waals surface area contributed by atoms with Gasteiger partial charge in [-0.3, -0.25) is 14.7 Å². The van der Waals surface area contributed by atoms with E-state index in [-0.39, 0.29) is 42.3 Å². The van der Waals surface area contributed by atoms with E-state index in [1.54, 1.807) is 41.7 Å². The van der Waals surface area contributed by atoms with Crippen molar-refractivity contribution in [1.29, 1.82) is 0 Å². The Morgan fingerprint density at radius 3 is 2.68 bits per heavy atom. The van der Waals surface area contributed by atoms with Crippen LogP contribution in [0.1, 0.15) is 40.9 Å². The summed E-state index contributed by atoms with van der Waals surface area (Å²) in [7, 11) is 1.98. The Morgan fingerprint density at radius 1 is 1.22 bits per heavy atom. The fourth-order valence-corrected chi connectivity index (χ4v) is 4.24. The van der Waals surface area contributed by atoms with E-state index in [1.807, 2.05) is 33.0 Å². The van der Waals surface area contributed by atoms with Gasteiger partial charge >= 0.3 is 0 Å². The zero-order valence-electron chi connectivity index (χ0n) is 21.3. The summed E-state index contributed by atoms with van der Waals surface area (Å²) < 4.78 is 19.6. The molecular weight excluding hydrogens is 471 g/mol. The van der Waals surface area contributed by atoms with Crippen LogP contribution < -0.4 is 4.74 Å². The third-order valence-corrected chi connectivity index (χ3v) is 6.39. The van der Waals surface area contributed by atoms with Crippen LogP contribution in [0.5, 0.6) is 5.88 Å². The van der Waals surface area contributed by atoms with E-state index in [0.29, 0.717) is 30.8 Å². The van der Waals surface area contributed by atoms with Crippen molar-refractivity contribution >= 4 is 5.91 Å². The van der Waals surface area contributed by atoms with Gasteiger partial charge in [0.05, 0.1) is 12.6 Å².